The lowest BCUT2D eigenvalue weighted by molar-refractivity contribution is 0.660. The van der Waals surface area contributed by atoms with Crippen LogP contribution >= 0.6 is 0 Å². The number of anilines is 6. The first kappa shape index (κ1) is 41.9. The molecule has 2 nitrogen and oxygen atoms in total. The standard InChI is InChI=1S/C70H50N2/c1-69(2)64-44-51(52-35-42-60-57-24-12-13-25-61(57)70(66(60)45-52)62-26-14-16-28-67(62)72(53-22-10-5-11-23-53)68-29-17-15-27-63(68)70)34-41-58(64)59-43-40-56(46-65(59)69)71(54-36-30-49(31-37-54)47-18-6-3-7-19-47)55-38-32-50(33-39-55)48-20-8-4-9-21-48/h3-46H,1-2H3. The molecular weight excluding hydrogens is 869 g/mol. The van der Waals surface area contributed by atoms with Crippen molar-refractivity contribution in [2.75, 3.05) is 9.80 Å². The van der Waals surface area contributed by atoms with E-state index in [1.54, 1.807) is 0 Å². The van der Waals surface area contributed by atoms with Crippen molar-refractivity contribution in [1.82, 2.24) is 0 Å². The average Bonchev–Trinajstić information content (AvgIpc) is 3.87. The van der Waals surface area contributed by atoms with Crippen LogP contribution in [-0.4, -0.2) is 0 Å². The van der Waals surface area contributed by atoms with Crippen LogP contribution in [0, 0.1) is 0 Å². The van der Waals surface area contributed by atoms with Gasteiger partial charge in [0.25, 0.3) is 0 Å². The summed E-state index contributed by atoms with van der Waals surface area (Å²) in [5, 5.41) is 0. The third kappa shape index (κ3) is 6.28. The van der Waals surface area contributed by atoms with Crippen LogP contribution in [0.3, 0.4) is 0 Å². The molecule has 1 spiro atoms. The van der Waals surface area contributed by atoms with E-state index in [9.17, 15) is 0 Å². The fourth-order valence-corrected chi connectivity index (χ4v) is 12.5. The number of fused-ring (bicyclic) bond motifs is 12. The van der Waals surface area contributed by atoms with Crippen LogP contribution in [0.4, 0.5) is 34.1 Å². The topological polar surface area (TPSA) is 6.48 Å². The highest BCUT2D eigenvalue weighted by Crippen LogP contribution is 2.64. The lowest BCUT2D eigenvalue weighted by Gasteiger charge is -2.45. The SMILES string of the molecule is CC1(C)c2cc(-c3ccc4c(c3)C3(c5ccccc5-4)c4ccccc4N(c4ccccc4)c4ccccc43)ccc2-c2ccc(N(c3ccc(-c4ccccc4)cc3)c3ccc(-c4ccccc4)cc3)cc21. The van der Waals surface area contributed by atoms with E-state index in [0.717, 1.165) is 22.7 Å². The van der Waals surface area contributed by atoms with Gasteiger partial charge in [-0.05, 0) is 162 Å². The van der Waals surface area contributed by atoms with E-state index in [4.69, 9.17) is 0 Å². The van der Waals surface area contributed by atoms with Crippen LogP contribution in [-0.2, 0) is 10.8 Å². The molecule has 0 saturated carbocycles. The number of nitrogens with zero attached hydrogens (tertiary/aromatic N) is 2. The van der Waals surface area contributed by atoms with Gasteiger partial charge in [0, 0.05) is 28.2 Å². The van der Waals surface area contributed by atoms with E-state index in [1.165, 1.54) is 100 Å². The minimum atomic E-state index is -0.515. The molecular formula is C70H50N2. The highest BCUT2D eigenvalue weighted by molar-refractivity contribution is 5.97. The maximum Gasteiger partial charge on any atom is 0.0754 e. The molecule has 11 aromatic rings. The van der Waals surface area contributed by atoms with Gasteiger partial charge >= 0.3 is 0 Å². The van der Waals surface area contributed by atoms with Gasteiger partial charge in [0.05, 0.1) is 16.8 Å². The van der Waals surface area contributed by atoms with E-state index in [-0.39, 0.29) is 5.41 Å². The molecule has 0 atom stereocenters. The zero-order chi connectivity index (χ0) is 48.0. The van der Waals surface area contributed by atoms with Gasteiger partial charge in [-0.15, -0.1) is 0 Å². The van der Waals surface area contributed by atoms with E-state index < -0.39 is 5.41 Å². The molecule has 340 valence electrons. The molecule has 0 amide bonds. The zero-order valence-corrected chi connectivity index (χ0v) is 40.3. The largest absolute Gasteiger partial charge is 0.310 e. The molecule has 14 rings (SSSR count). The summed E-state index contributed by atoms with van der Waals surface area (Å²) in [6, 6.07) is 98.9. The van der Waals surface area contributed by atoms with Gasteiger partial charge in [0.15, 0.2) is 0 Å². The molecule has 0 bridgehead atoms. The molecule has 2 aliphatic carbocycles. The minimum Gasteiger partial charge on any atom is -0.310 e. The summed E-state index contributed by atoms with van der Waals surface area (Å²) < 4.78 is 0. The maximum absolute atomic E-state index is 2.51. The van der Waals surface area contributed by atoms with Gasteiger partial charge in [-0.1, -0.05) is 208 Å². The lowest BCUT2D eigenvalue weighted by Crippen LogP contribution is -2.36. The molecule has 72 heavy (non-hydrogen) atoms. The van der Waals surface area contributed by atoms with Crippen LogP contribution in [0.15, 0.2) is 267 Å². The predicted octanol–water partition coefficient (Wildman–Crippen LogP) is 18.6. The molecule has 1 heterocycles. The van der Waals surface area contributed by atoms with E-state index in [1.807, 2.05) is 0 Å². The van der Waals surface area contributed by atoms with Crippen LogP contribution in [0.5, 0.6) is 0 Å². The van der Waals surface area contributed by atoms with Crippen molar-refractivity contribution in [3.05, 3.63) is 300 Å². The molecule has 11 aromatic carbocycles. The summed E-state index contributed by atoms with van der Waals surface area (Å²) in [6.45, 7) is 4.81. The van der Waals surface area contributed by atoms with E-state index >= 15 is 0 Å². The highest BCUT2D eigenvalue weighted by Gasteiger charge is 2.51. The molecule has 3 aliphatic rings. The number of para-hydroxylation sites is 3. The van der Waals surface area contributed by atoms with Crippen molar-refractivity contribution in [1.29, 1.82) is 0 Å². The summed E-state index contributed by atoms with van der Waals surface area (Å²) in [6.07, 6.45) is 0. The molecule has 0 N–H and O–H groups in total. The van der Waals surface area contributed by atoms with E-state index in [0.29, 0.717) is 0 Å². The van der Waals surface area contributed by atoms with Crippen molar-refractivity contribution in [2.24, 2.45) is 0 Å². The van der Waals surface area contributed by atoms with Crippen molar-refractivity contribution in [2.45, 2.75) is 24.7 Å². The molecule has 2 heteroatoms. The Morgan fingerprint density at radius 2 is 0.653 bits per heavy atom. The molecule has 0 aromatic heterocycles. The Morgan fingerprint density at radius 1 is 0.278 bits per heavy atom. The normalized spacial score (nSPS) is 13.9. The van der Waals surface area contributed by atoms with Gasteiger partial charge in [-0.3, -0.25) is 0 Å². The van der Waals surface area contributed by atoms with Gasteiger partial charge in [-0.2, -0.15) is 0 Å². The van der Waals surface area contributed by atoms with Crippen LogP contribution in [0.2, 0.25) is 0 Å². The Morgan fingerprint density at radius 3 is 1.21 bits per heavy atom. The number of hydrogen-bond donors (Lipinski definition) is 0. The Hall–Kier alpha value is -8.98. The minimum absolute atomic E-state index is 0.257. The number of hydrogen-bond acceptors (Lipinski definition) is 2. The average molecular weight is 919 g/mol. The van der Waals surface area contributed by atoms with Crippen LogP contribution in [0.1, 0.15) is 47.2 Å². The third-order valence-corrected chi connectivity index (χ3v) is 15.9. The van der Waals surface area contributed by atoms with Crippen molar-refractivity contribution >= 4 is 34.1 Å². The van der Waals surface area contributed by atoms with Gasteiger partial charge in [0.2, 0.25) is 0 Å². The maximum atomic E-state index is 2.51. The Kier molecular flexibility index (Phi) is 9.50. The zero-order valence-electron chi connectivity index (χ0n) is 40.3. The molecule has 1 aliphatic heterocycles. The van der Waals surface area contributed by atoms with Gasteiger partial charge in [0.1, 0.15) is 0 Å². The fourth-order valence-electron chi connectivity index (χ4n) is 12.5. The van der Waals surface area contributed by atoms with Gasteiger partial charge in [-0.25, -0.2) is 0 Å². The van der Waals surface area contributed by atoms with Crippen molar-refractivity contribution < 1.29 is 0 Å². The first-order valence-electron chi connectivity index (χ1n) is 25.2. The highest BCUT2D eigenvalue weighted by atomic mass is 15.2. The predicted molar refractivity (Wildman–Crippen MR) is 301 cm³/mol. The first-order chi connectivity index (χ1) is 35.5. The Bertz CT molecular complexity index is 3740. The monoisotopic (exact) mass is 918 g/mol. The van der Waals surface area contributed by atoms with Crippen LogP contribution < -0.4 is 9.80 Å². The first-order valence-corrected chi connectivity index (χ1v) is 25.2. The summed E-state index contributed by atoms with van der Waals surface area (Å²) in [5.41, 5.74) is 26.6. The Labute approximate surface area is 422 Å². The third-order valence-electron chi connectivity index (χ3n) is 15.9. The Balaban J connectivity index is 0.873. The molecule has 0 radical (unpaired) electrons. The summed E-state index contributed by atoms with van der Waals surface area (Å²) in [5.74, 6) is 0. The second-order valence-electron chi connectivity index (χ2n) is 20.0. The molecule has 0 fully saturated rings. The summed E-state index contributed by atoms with van der Waals surface area (Å²) in [4.78, 5) is 4.86. The van der Waals surface area contributed by atoms with Crippen molar-refractivity contribution in [3.8, 4) is 55.6 Å². The lowest BCUT2D eigenvalue weighted by atomic mass is 9.64. The second kappa shape index (κ2) is 16.3. The van der Waals surface area contributed by atoms with Crippen LogP contribution in [0.25, 0.3) is 55.6 Å². The van der Waals surface area contributed by atoms with Crippen molar-refractivity contribution in [3.63, 3.8) is 0 Å². The molecule has 0 saturated heterocycles. The summed E-state index contributed by atoms with van der Waals surface area (Å²) in [7, 11) is 0. The summed E-state index contributed by atoms with van der Waals surface area (Å²) >= 11 is 0. The number of rotatable bonds is 7. The quantitative estimate of drug-likeness (QED) is 0.157. The number of benzene rings is 11. The fraction of sp³-hybridized carbons (Fsp3) is 0.0571. The van der Waals surface area contributed by atoms with E-state index in [2.05, 4.69) is 291 Å². The molecule has 0 unspecified atom stereocenters. The van der Waals surface area contributed by atoms with Gasteiger partial charge < -0.3 is 9.80 Å². The second-order valence-corrected chi connectivity index (χ2v) is 20.0. The smallest absolute Gasteiger partial charge is 0.0754 e.